The van der Waals surface area contributed by atoms with Gasteiger partial charge in [-0.25, -0.2) is 0 Å². The summed E-state index contributed by atoms with van der Waals surface area (Å²) in [6.07, 6.45) is 4.96. The van der Waals surface area contributed by atoms with Crippen molar-refractivity contribution in [3.63, 3.8) is 0 Å². The highest BCUT2D eigenvalue weighted by atomic mass is 35.5. The summed E-state index contributed by atoms with van der Waals surface area (Å²) in [5, 5.41) is 7.67. The Hall–Kier alpha value is -3.24. The fourth-order valence-electron chi connectivity index (χ4n) is 3.46. The molecule has 1 atom stereocenters. The Morgan fingerprint density at radius 2 is 1.43 bits per heavy atom. The van der Waals surface area contributed by atoms with Gasteiger partial charge < -0.3 is 9.47 Å². The Morgan fingerprint density at radius 1 is 0.833 bits per heavy atom. The van der Waals surface area contributed by atoms with E-state index in [1.165, 1.54) is 5.56 Å². The highest BCUT2D eigenvalue weighted by molar-refractivity contribution is 6.30. The lowest BCUT2D eigenvalue weighted by molar-refractivity contribution is 0.414. The van der Waals surface area contributed by atoms with Gasteiger partial charge in [0.2, 0.25) is 0 Å². The maximum atomic E-state index is 6.08. The zero-order valence-electron chi connectivity index (χ0n) is 17.0. The molecule has 152 valence electrons. The summed E-state index contributed by atoms with van der Waals surface area (Å²) in [5.41, 5.74) is 4.31. The van der Waals surface area contributed by atoms with Crippen LogP contribution in [-0.4, -0.2) is 19.9 Å². The van der Waals surface area contributed by atoms with Gasteiger partial charge in [-0.1, -0.05) is 41.9 Å². The van der Waals surface area contributed by atoms with Crippen molar-refractivity contribution in [3.8, 4) is 11.5 Å². The zero-order chi connectivity index (χ0) is 20.9. The van der Waals surface area contributed by atoms with E-state index in [-0.39, 0.29) is 6.04 Å². The fraction of sp³-hybridized carbons (Fsp3) is 0.160. The Morgan fingerprint density at radius 3 is 2.03 bits per heavy atom. The average molecular weight is 419 g/mol. The molecule has 0 aliphatic carbocycles. The molecule has 0 N–H and O–H groups in total. The van der Waals surface area contributed by atoms with Gasteiger partial charge in [0.15, 0.2) is 0 Å². The summed E-state index contributed by atoms with van der Waals surface area (Å²) in [6.45, 7) is 0. The van der Waals surface area contributed by atoms with E-state index in [4.69, 9.17) is 26.2 Å². The normalized spacial score (nSPS) is 16.0. The molecule has 0 spiro atoms. The molecule has 4 rings (SSSR count). The van der Waals surface area contributed by atoms with Gasteiger partial charge in [0, 0.05) is 11.4 Å². The molecule has 0 saturated carbocycles. The number of anilines is 1. The topological polar surface area (TPSA) is 34.1 Å². The van der Waals surface area contributed by atoms with Crippen LogP contribution in [0.1, 0.15) is 23.6 Å². The first-order valence-corrected chi connectivity index (χ1v) is 10.1. The van der Waals surface area contributed by atoms with Crippen molar-refractivity contribution < 1.29 is 9.47 Å². The molecule has 0 unspecified atom stereocenters. The van der Waals surface area contributed by atoms with E-state index in [2.05, 4.69) is 29.3 Å². The van der Waals surface area contributed by atoms with Gasteiger partial charge in [0.05, 0.1) is 31.7 Å². The van der Waals surface area contributed by atoms with Crippen molar-refractivity contribution in [1.29, 1.82) is 0 Å². The second-order valence-electron chi connectivity index (χ2n) is 7.01. The minimum absolute atomic E-state index is 0.104. The number of halogens is 1. The van der Waals surface area contributed by atoms with Crippen LogP contribution in [0.2, 0.25) is 5.02 Å². The standard InChI is InChI=1S/C25H23ClN2O2/c1-29-23-13-4-18(5-14-23)3-10-21-17-25(19-6-15-24(30-2)16-7-19)28(27-21)22-11-8-20(26)9-12-22/h3-16,25H,17H2,1-2H3/b10-3+/t25-/m0/s1. The monoisotopic (exact) mass is 418 g/mol. The third-order valence-electron chi connectivity index (χ3n) is 5.11. The highest BCUT2D eigenvalue weighted by Crippen LogP contribution is 2.36. The zero-order valence-corrected chi connectivity index (χ0v) is 17.7. The number of hydrazone groups is 1. The van der Waals surface area contributed by atoms with Gasteiger partial charge in [0.1, 0.15) is 11.5 Å². The largest absolute Gasteiger partial charge is 0.497 e. The number of hydrogen-bond donors (Lipinski definition) is 0. The lowest BCUT2D eigenvalue weighted by Crippen LogP contribution is -2.18. The van der Waals surface area contributed by atoms with Crippen LogP contribution in [0.15, 0.2) is 84.0 Å². The van der Waals surface area contributed by atoms with Crippen LogP contribution in [0.5, 0.6) is 11.5 Å². The van der Waals surface area contributed by atoms with Crippen molar-refractivity contribution in [2.45, 2.75) is 12.5 Å². The van der Waals surface area contributed by atoms with Crippen molar-refractivity contribution in [2.75, 3.05) is 19.2 Å². The number of benzene rings is 3. The molecule has 4 nitrogen and oxygen atoms in total. The lowest BCUT2D eigenvalue weighted by Gasteiger charge is -2.24. The van der Waals surface area contributed by atoms with E-state index >= 15 is 0 Å². The minimum atomic E-state index is 0.104. The SMILES string of the molecule is COc1ccc(/C=C/C2=NN(c3ccc(Cl)cc3)[C@H](c3ccc(OC)cc3)C2)cc1. The molecular formula is C25H23ClN2O2. The Bertz CT molecular complexity index is 1040. The molecule has 0 saturated heterocycles. The first-order valence-electron chi connectivity index (χ1n) is 9.74. The Kier molecular flexibility index (Phi) is 6.05. The molecule has 5 heteroatoms. The molecule has 0 bridgehead atoms. The first kappa shape index (κ1) is 20.0. The molecule has 1 heterocycles. The van der Waals surface area contributed by atoms with Crippen LogP contribution in [0, 0.1) is 0 Å². The first-order chi connectivity index (χ1) is 14.7. The van der Waals surface area contributed by atoms with Gasteiger partial charge in [-0.15, -0.1) is 0 Å². The van der Waals surface area contributed by atoms with E-state index in [1.54, 1.807) is 14.2 Å². The lowest BCUT2D eigenvalue weighted by atomic mass is 10.0. The van der Waals surface area contributed by atoms with Gasteiger partial charge in [-0.05, 0) is 65.7 Å². The van der Waals surface area contributed by atoms with Gasteiger partial charge in [-0.2, -0.15) is 5.10 Å². The second kappa shape index (κ2) is 9.06. The summed E-state index contributed by atoms with van der Waals surface area (Å²) >= 11 is 6.08. The maximum Gasteiger partial charge on any atom is 0.118 e. The smallest absolute Gasteiger partial charge is 0.118 e. The quantitative estimate of drug-likeness (QED) is 0.466. The van der Waals surface area contributed by atoms with Crippen molar-refractivity contribution in [1.82, 2.24) is 0 Å². The van der Waals surface area contributed by atoms with Crippen molar-refractivity contribution in [3.05, 3.63) is 95.0 Å². The van der Waals surface area contributed by atoms with Crippen LogP contribution in [0.4, 0.5) is 5.69 Å². The maximum absolute atomic E-state index is 6.08. The molecule has 0 radical (unpaired) electrons. The number of allylic oxidation sites excluding steroid dienone is 1. The number of ether oxygens (including phenoxy) is 2. The van der Waals surface area contributed by atoms with Crippen molar-refractivity contribution in [2.24, 2.45) is 5.10 Å². The van der Waals surface area contributed by atoms with Crippen LogP contribution in [-0.2, 0) is 0 Å². The third-order valence-corrected chi connectivity index (χ3v) is 5.36. The molecule has 1 aliphatic rings. The van der Waals surface area contributed by atoms with Crippen LogP contribution < -0.4 is 14.5 Å². The number of methoxy groups -OCH3 is 2. The number of nitrogens with zero attached hydrogens (tertiary/aromatic N) is 2. The van der Waals surface area contributed by atoms with Gasteiger partial charge in [0.25, 0.3) is 0 Å². The molecule has 0 amide bonds. The van der Waals surface area contributed by atoms with Gasteiger partial charge >= 0.3 is 0 Å². The molecule has 0 aromatic heterocycles. The second-order valence-corrected chi connectivity index (χ2v) is 7.45. The molecular weight excluding hydrogens is 396 g/mol. The summed E-state index contributed by atoms with van der Waals surface area (Å²) in [7, 11) is 3.35. The van der Waals surface area contributed by atoms with Crippen LogP contribution >= 0.6 is 11.6 Å². The summed E-state index contributed by atoms with van der Waals surface area (Å²) in [4.78, 5) is 0. The fourth-order valence-corrected chi connectivity index (χ4v) is 3.58. The predicted molar refractivity (Wildman–Crippen MR) is 124 cm³/mol. The average Bonchev–Trinajstić information content (AvgIpc) is 3.23. The van der Waals surface area contributed by atoms with Crippen LogP contribution in [0.25, 0.3) is 6.08 Å². The molecule has 30 heavy (non-hydrogen) atoms. The number of rotatable bonds is 6. The highest BCUT2D eigenvalue weighted by Gasteiger charge is 2.28. The van der Waals surface area contributed by atoms with E-state index in [1.807, 2.05) is 60.7 Å². The molecule has 0 fully saturated rings. The molecule has 3 aromatic rings. The summed E-state index contributed by atoms with van der Waals surface area (Å²) in [5.74, 6) is 1.69. The van der Waals surface area contributed by atoms with E-state index in [0.29, 0.717) is 5.02 Å². The summed E-state index contributed by atoms with van der Waals surface area (Å²) < 4.78 is 10.5. The Labute approximate surface area is 182 Å². The van der Waals surface area contributed by atoms with Gasteiger partial charge in [-0.3, -0.25) is 5.01 Å². The van der Waals surface area contributed by atoms with Crippen molar-refractivity contribution >= 4 is 29.1 Å². The number of hydrogen-bond acceptors (Lipinski definition) is 4. The van der Waals surface area contributed by atoms with Crippen LogP contribution in [0.3, 0.4) is 0 Å². The third kappa shape index (κ3) is 4.50. The van der Waals surface area contributed by atoms with E-state index in [0.717, 1.165) is 34.9 Å². The van der Waals surface area contributed by atoms with E-state index < -0.39 is 0 Å². The summed E-state index contributed by atoms with van der Waals surface area (Å²) in [6, 6.07) is 24.0. The minimum Gasteiger partial charge on any atom is -0.497 e. The molecule has 1 aliphatic heterocycles. The predicted octanol–water partition coefficient (Wildman–Crippen LogP) is 6.38. The molecule has 3 aromatic carbocycles. The Balaban J connectivity index is 1.61. The van der Waals surface area contributed by atoms with E-state index in [9.17, 15) is 0 Å².